The summed E-state index contributed by atoms with van der Waals surface area (Å²) in [6, 6.07) is 6.67. The fourth-order valence-electron chi connectivity index (χ4n) is 3.53. The third-order valence-electron chi connectivity index (χ3n) is 4.71. The van der Waals surface area contributed by atoms with Crippen molar-refractivity contribution in [3.8, 4) is 6.07 Å². The molecule has 0 saturated carbocycles. The van der Waals surface area contributed by atoms with Crippen molar-refractivity contribution in [2.75, 3.05) is 37.6 Å². The molecule has 0 spiro atoms. The van der Waals surface area contributed by atoms with Gasteiger partial charge in [0.05, 0.1) is 11.6 Å². The van der Waals surface area contributed by atoms with Crippen LogP contribution in [0.1, 0.15) is 31.2 Å². The zero-order valence-electron chi connectivity index (χ0n) is 12.4. The second-order valence-corrected chi connectivity index (χ2v) is 6.25. The fraction of sp³-hybridized carbons (Fsp3) is 0.588. The minimum Gasteiger partial charge on any atom is -0.371 e. The molecule has 3 nitrogen and oxygen atoms in total. The van der Waals surface area contributed by atoms with Crippen molar-refractivity contribution in [2.45, 2.75) is 25.7 Å². The first-order valence-electron chi connectivity index (χ1n) is 7.92. The molecule has 2 aliphatic rings. The lowest BCUT2D eigenvalue weighted by atomic mass is 9.95. The molecule has 1 aromatic rings. The van der Waals surface area contributed by atoms with Crippen LogP contribution in [-0.4, -0.2) is 37.6 Å². The number of anilines is 1. The summed E-state index contributed by atoms with van der Waals surface area (Å²) in [6.45, 7) is 5.67. The Bertz CT molecular complexity index is 523. The number of nitriles is 1. The minimum atomic E-state index is -0.316. The standard InChI is InChI=1S/C17H22FN3/c18-16-9-15(12-19)10-17(11-16)21-7-3-14(4-8-21)13-20-5-1-2-6-20/h9-11,14H,1-8,13H2. The van der Waals surface area contributed by atoms with Crippen molar-refractivity contribution in [3.05, 3.63) is 29.6 Å². The van der Waals surface area contributed by atoms with Gasteiger partial charge in [0.25, 0.3) is 0 Å². The lowest BCUT2D eigenvalue weighted by molar-refractivity contribution is 0.249. The van der Waals surface area contributed by atoms with Gasteiger partial charge in [-0.3, -0.25) is 0 Å². The highest BCUT2D eigenvalue weighted by atomic mass is 19.1. The molecule has 2 saturated heterocycles. The van der Waals surface area contributed by atoms with Crippen molar-refractivity contribution in [3.63, 3.8) is 0 Å². The molecule has 2 heterocycles. The molecule has 0 amide bonds. The highest BCUT2D eigenvalue weighted by Gasteiger charge is 2.23. The summed E-state index contributed by atoms with van der Waals surface area (Å²) in [6.07, 6.45) is 5.02. The maximum Gasteiger partial charge on any atom is 0.126 e. The molecule has 0 radical (unpaired) electrons. The second-order valence-electron chi connectivity index (χ2n) is 6.25. The number of halogens is 1. The van der Waals surface area contributed by atoms with Crippen LogP contribution in [-0.2, 0) is 0 Å². The van der Waals surface area contributed by atoms with Crippen molar-refractivity contribution >= 4 is 5.69 Å². The Morgan fingerprint density at radius 1 is 1.10 bits per heavy atom. The molecular weight excluding hydrogens is 265 g/mol. The summed E-state index contributed by atoms with van der Waals surface area (Å²) in [5.41, 5.74) is 1.26. The molecule has 1 aromatic carbocycles. The third kappa shape index (κ3) is 3.54. The molecule has 0 aromatic heterocycles. The number of hydrogen-bond acceptors (Lipinski definition) is 3. The first-order chi connectivity index (χ1) is 10.2. The van der Waals surface area contributed by atoms with Gasteiger partial charge >= 0.3 is 0 Å². The van der Waals surface area contributed by atoms with Crippen LogP contribution in [0.25, 0.3) is 0 Å². The van der Waals surface area contributed by atoms with Gasteiger partial charge in [-0.25, -0.2) is 4.39 Å². The van der Waals surface area contributed by atoms with Gasteiger partial charge in [0, 0.05) is 25.3 Å². The normalized spacial score (nSPS) is 20.7. The summed E-state index contributed by atoms with van der Waals surface area (Å²) in [7, 11) is 0. The zero-order chi connectivity index (χ0) is 14.7. The van der Waals surface area contributed by atoms with Crippen LogP contribution in [0.4, 0.5) is 10.1 Å². The van der Waals surface area contributed by atoms with Gasteiger partial charge in [-0.05, 0) is 62.9 Å². The zero-order valence-corrected chi connectivity index (χ0v) is 12.4. The van der Waals surface area contributed by atoms with E-state index < -0.39 is 0 Å². The van der Waals surface area contributed by atoms with Gasteiger partial charge in [-0.2, -0.15) is 5.26 Å². The van der Waals surface area contributed by atoms with Gasteiger partial charge < -0.3 is 9.80 Å². The smallest absolute Gasteiger partial charge is 0.126 e. The van der Waals surface area contributed by atoms with Crippen LogP contribution in [0.5, 0.6) is 0 Å². The lowest BCUT2D eigenvalue weighted by Crippen LogP contribution is -2.38. The van der Waals surface area contributed by atoms with Crippen molar-refractivity contribution in [2.24, 2.45) is 5.92 Å². The van der Waals surface area contributed by atoms with E-state index in [-0.39, 0.29) is 5.82 Å². The van der Waals surface area contributed by atoms with E-state index >= 15 is 0 Å². The molecule has 0 aliphatic carbocycles. The molecule has 0 atom stereocenters. The third-order valence-corrected chi connectivity index (χ3v) is 4.71. The molecule has 3 rings (SSSR count). The summed E-state index contributed by atoms with van der Waals surface area (Å²) >= 11 is 0. The Hall–Kier alpha value is -1.60. The summed E-state index contributed by atoms with van der Waals surface area (Å²) in [4.78, 5) is 4.79. The predicted molar refractivity (Wildman–Crippen MR) is 81.7 cm³/mol. The highest BCUT2D eigenvalue weighted by Crippen LogP contribution is 2.26. The monoisotopic (exact) mass is 287 g/mol. The van der Waals surface area contributed by atoms with Crippen molar-refractivity contribution < 1.29 is 4.39 Å². The van der Waals surface area contributed by atoms with Crippen LogP contribution in [0.2, 0.25) is 0 Å². The van der Waals surface area contributed by atoms with Gasteiger partial charge in [-0.15, -0.1) is 0 Å². The molecule has 2 fully saturated rings. The molecule has 4 heteroatoms. The average Bonchev–Trinajstić information content (AvgIpc) is 3.00. The number of nitrogens with zero attached hydrogens (tertiary/aromatic N) is 3. The molecule has 0 unspecified atom stereocenters. The van der Waals surface area contributed by atoms with E-state index in [1.165, 1.54) is 38.5 Å². The first-order valence-corrected chi connectivity index (χ1v) is 7.92. The van der Waals surface area contributed by atoms with Crippen LogP contribution >= 0.6 is 0 Å². The van der Waals surface area contributed by atoms with E-state index in [1.807, 2.05) is 6.07 Å². The van der Waals surface area contributed by atoms with Crippen LogP contribution in [0, 0.1) is 23.1 Å². The van der Waals surface area contributed by atoms with Crippen LogP contribution in [0.15, 0.2) is 18.2 Å². The Kier molecular flexibility index (Phi) is 4.40. The lowest BCUT2D eigenvalue weighted by Gasteiger charge is -2.35. The Morgan fingerprint density at radius 3 is 2.48 bits per heavy atom. The fourth-order valence-corrected chi connectivity index (χ4v) is 3.53. The number of piperidine rings is 1. The van der Waals surface area contributed by atoms with Gasteiger partial charge in [0.2, 0.25) is 0 Å². The summed E-state index contributed by atoms with van der Waals surface area (Å²) in [5, 5.41) is 8.95. The SMILES string of the molecule is N#Cc1cc(F)cc(N2CCC(CN3CCCC3)CC2)c1. The van der Waals surface area contributed by atoms with E-state index in [9.17, 15) is 4.39 Å². The molecule has 112 valence electrons. The number of rotatable bonds is 3. The first kappa shape index (κ1) is 14.3. The number of hydrogen-bond donors (Lipinski definition) is 0. The molecule has 0 bridgehead atoms. The van der Waals surface area contributed by atoms with E-state index in [0.717, 1.165) is 37.5 Å². The summed E-state index contributed by atoms with van der Waals surface area (Å²) in [5.74, 6) is 0.451. The van der Waals surface area contributed by atoms with E-state index in [1.54, 1.807) is 12.1 Å². The van der Waals surface area contributed by atoms with E-state index in [2.05, 4.69) is 9.80 Å². The van der Waals surface area contributed by atoms with Crippen molar-refractivity contribution in [1.82, 2.24) is 4.90 Å². The topological polar surface area (TPSA) is 30.3 Å². The molecular formula is C17H22FN3. The van der Waals surface area contributed by atoms with Gasteiger partial charge in [-0.1, -0.05) is 0 Å². The van der Waals surface area contributed by atoms with E-state index in [0.29, 0.717) is 5.56 Å². The van der Waals surface area contributed by atoms with Crippen LogP contribution < -0.4 is 4.90 Å². The van der Waals surface area contributed by atoms with Crippen molar-refractivity contribution in [1.29, 1.82) is 5.26 Å². The molecule has 21 heavy (non-hydrogen) atoms. The maximum atomic E-state index is 13.5. The summed E-state index contributed by atoms with van der Waals surface area (Å²) < 4.78 is 13.5. The second kappa shape index (κ2) is 6.44. The van der Waals surface area contributed by atoms with Gasteiger partial charge in [0.15, 0.2) is 0 Å². The maximum absolute atomic E-state index is 13.5. The quantitative estimate of drug-likeness (QED) is 0.856. The Morgan fingerprint density at radius 2 is 1.81 bits per heavy atom. The Labute approximate surface area is 126 Å². The average molecular weight is 287 g/mol. The minimum absolute atomic E-state index is 0.316. The van der Waals surface area contributed by atoms with Gasteiger partial charge in [0.1, 0.15) is 5.82 Å². The predicted octanol–water partition coefficient (Wildman–Crippen LogP) is 3.01. The Balaban J connectivity index is 1.58. The number of benzene rings is 1. The highest BCUT2D eigenvalue weighted by molar-refractivity contribution is 5.52. The van der Waals surface area contributed by atoms with E-state index in [4.69, 9.17) is 5.26 Å². The molecule has 2 aliphatic heterocycles. The number of likely N-dealkylation sites (tertiary alicyclic amines) is 1. The largest absolute Gasteiger partial charge is 0.371 e. The molecule has 0 N–H and O–H groups in total. The van der Waals surface area contributed by atoms with Crippen LogP contribution in [0.3, 0.4) is 0 Å².